The number of ether oxygens (including phenoxy) is 2. The Hall–Kier alpha value is -3.59. The van der Waals surface area contributed by atoms with Gasteiger partial charge in [-0.2, -0.15) is 0 Å². The molecule has 1 unspecified atom stereocenters. The van der Waals surface area contributed by atoms with Crippen molar-refractivity contribution in [3.8, 4) is 11.5 Å². The molecular weight excluding hydrogens is 516 g/mol. The number of carbonyl (C=O) groups is 3. The highest BCUT2D eigenvalue weighted by atomic mass is 32.1. The number of anilines is 1. The first kappa shape index (κ1) is 27.0. The van der Waals surface area contributed by atoms with Gasteiger partial charge >= 0.3 is 5.97 Å². The molecule has 2 aliphatic carbocycles. The Balaban J connectivity index is 1.61. The fourth-order valence-electron chi connectivity index (χ4n) is 6.09. The van der Waals surface area contributed by atoms with Crippen molar-refractivity contribution in [3.63, 3.8) is 0 Å². The number of Topliss-reactive ketones (excluding diaryl/α,β-unsaturated/α-hetero) is 1. The van der Waals surface area contributed by atoms with Crippen LogP contribution >= 0.6 is 11.3 Å². The number of nitrogens with one attached hydrogen (secondary N) is 2. The lowest BCUT2D eigenvalue weighted by molar-refractivity contribution is -0.118. The summed E-state index contributed by atoms with van der Waals surface area (Å²) in [6, 6.07) is 4.91. The summed E-state index contributed by atoms with van der Waals surface area (Å²) in [5.41, 5.74) is 4.20. The predicted molar refractivity (Wildman–Crippen MR) is 149 cm³/mol. The number of phenolic OH excluding ortho intramolecular Hbond substituents is 1. The van der Waals surface area contributed by atoms with Gasteiger partial charge in [-0.05, 0) is 67.7 Å². The van der Waals surface area contributed by atoms with Crippen molar-refractivity contribution in [2.75, 3.05) is 19.5 Å². The molecule has 0 bridgehead atoms. The Bertz CT molecular complexity index is 1450. The molecule has 1 atom stereocenters. The number of esters is 1. The zero-order valence-electron chi connectivity index (χ0n) is 22.9. The number of amides is 1. The van der Waals surface area contributed by atoms with Crippen molar-refractivity contribution < 1.29 is 29.0 Å². The maximum absolute atomic E-state index is 14.1. The number of methoxy groups -OCH3 is 2. The summed E-state index contributed by atoms with van der Waals surface area (Å²) in [4.78, 5) is 41.6. The Labute approximate surface area is 232 Å². The minimum atomic E-state index is -0.671. The SMILES string of the molecule is COC(=O)c1c(NC(=O)C2=C(C)NC3=C(C(=O)CC(C)(C)C3)C2c2ccc(O)c(OC)c2)sc2c1CCCC2. The lowest BCUT2D eigenvalue weighted by atomic mass is 9.68. The zero-order chi connectivity index (χ0) is 28.1. The van der Waals surface area contributed by atoms with Crippen LogP contribution in [0.4, 0.5) is 5.00 Å². The van der Waals surface area contributed by atoms with Gasteiger partial charge in [0, 0.05) is 39.8 Å². The molecule has 1 aromatic heterocycles. The van der Waals surface area contributed by atoms with Crippen molar-refractivity contribution in [2.24, 2.45) is 5.41 Å². The van der Waals surface area contributed by atoms with Crippen LogP contribution in [0.1, 0.15) is 78.7 Å². The number of dihydropyridines is 1. The zero-order valence-corrected chi connectivity index (χ0v) is 23.8. The van der Waals surface area contributed by atoms with Crippen LogP contribution in [0.15, 0.2) is 40.7 Å². The second-order valence-corrected chi connectivity index (χ2v) is 12.3. The molecule has 2 aromatic rings. The summed E-state index contributed by atoms with van der Waals surface area (Å²) in [7, 11) is 2.80. The van der Waals surface area contributed by atoms with E-state index in [9.17, 15) is 19.5 Å². The van der Waals surface area contributed by atoms with Crippen LogP contribution in [-0.2, 0) is 27.2 Å². The molecule has 0 saturated carbocycles. The van der Waals surface area contributed by atoms with Crippen LogP contribution in [0.3, 0.4) is 0 Å². The summed E-state index contributed by atoms with van der Waals surface area (Å²) in [6.07, 6.45) is 4.67. The molecule has 3 N–H and O–H groups in total. The van der Waals surface area contributed by atoms with E-state index in [-0.39, 0.29) is 22.7 Å². The topological polar surface area (TPSA) is 114 Å². The average Bonchev–Trinajstić information content (AvgIpc) is 3.24. The third-order valence-corrected chi connectivity index (χ3v) is 9.02. The smallest absolute Gasteiger partial charge is 0.341 e. The summed E-state index contributed by atoms with van der Waals surface area (Å²) in [5.74, 6) is -1.33. The number of allylic oxidation sites excluding steroid dienone is 3. The Morgan fingerprint density at radius 1 is 1.15 bits per heavy atom. The third-order valence-electron chi connectivity index (χ3n) is 7.81. The number of rotatable bonds is 5. The Morgan fingerprint density at radius 3 is 2.62 bits per heavy atom. The second kappa shape index (κ2) is 10.2. The molecule has 0 radical (unpaired) electrons. The van der Waals surface area contributed by atoms with Crippen molar-refractivity contribution >= 4 is 34.0 Å². The van der Waals surface area contributed by atoms with Gasteiger partial charge in [-0.1, -0.05) is 19.9 Å². The molecular formula is C30H34N2O6S. The number of aromatic hydroxyl groups is 1. The van der Waals surface area contributed by atoms with E-state index in [0.717, 1.165) is 41.8 Å². The van der Waals surface area contributed by atoms with Crippen molar-refractivity contribution in [3.05, 3.63) is 62.3 Å². The molecule has 0 spiro atoms. The number of fused-ring (bicyclic) bond motifs is 1. The molecule has 2 heterocycles. The Morgan fingerprint density at radius 2 is 1.90 bits per heavy atom. The molecule has 206 valence electrons. The van der Waals surface area contributed by atoms with Crippen molar-refractivity contribution in [1.82, 2.24) is 5.32 Å². The molecule has 1 aliphatic heterocycles. The van der Waals surface area contributed by atoms with E-state index < -0.39 is 17.8 Å². The van der Waals surface area contributed by atoms with Crippen LogP contribution < -0.4 is 15.4 Å². The summed E-state index contributed by atoms with van der Waals surface area (Å²) < 4.78 is 10.4. The summed E-state index contributed by atoms with van der Waals surface area (Å²) >= 11 is 1.42. The summed E-state index contributed by atoms with van der Waals surface area (Å²) in [6.45, 7) is 5.95. The first-order valence-electron chi connectivity index (χ1n) is 13.2. The number of hydrogen-bond donors (Lipinski definition) is 3. The van der Waals surface area contributed by atoms with E-state index in [1.807, 2.05) is 6.92 Å². The number of phenols is 1. The van der Waals surface area contributed by atoms with Crippen LogP contribution in [0.5, 0.6) is 11.5 Å². The largest absolute Gasteiger partial charge is 0.504 e. The highest BCUT2D eigenvalue weighted by Crippen LogP contribution is 2.48. The maximum atomic E-state index is 14.1. The van der Waals surface area contributed by atoms with E-state index in [4.69, 9.17) is 9.47 Å². The third kappa shape index (κ3) is 4.84. The fraction of sp³-hybridized carbons (Fsp3) is 0.433. The van der Waals surface area contributed by atoms with Gasteiger partial charge in [0.15, 0.2) is 17.3 Å². The van der Waals surface area contributed by atoms with E-state index in [0.29, 0.717) is 45.8 Å². The van der Waals surface area contributed by atoms with Gasteiger partial charge in [-0.3, -0.25) is 9.59 Å². The van der Waals surface area contributed by atoms with Crippen molar-refractivity contribution in [2.45, 2.75) is 65.2 Å². The second-order valence-electron chi connectivity index (χ2n) is 11.2. The van der Waals surface area contributed by atoms with Crippen LogP contribution in [0.2, 0.25) is 0 Å². The number of ketones is 1. The van der Waals surface area contributed by atoms with Gasteiger partial charge in [0.1, 0.15) is 5.00 Å². The molecule has 8 nitrogen and oxygen atoms in total. The monoisotopic (exact) mass is 550 g/mol. The summed E-state index contributed by atoms with van der Waals surface area (Å²) in [5, 5.41) is 17.1. The molecule has 0 fully saturated rings. The van der Waals surface area contributed by atoms with E-state index in [1.165, 1.54) is 31.6 Å². The standard InChI is InChI=1S/C30H34N2O6S/c1-15-23(27(35)32-28-25(29(36)38-5)17-8-6-7-9-22(17)39-28)24(16-10-11-19(33)21(12-16)37-4)26-18(31-15)13-30(2,3)14-20(26)34/h10-12,24,31,33H,6-9,13-14H2,1-5H3,(H,32,35). The minimum Gasteiger partial charge on any atom is -0.504 e. The number of aryl methyl sites for hydroxylation is 1. The highest BCUT2D eigenvalue weighted by Gasteiger charge is 2.43. The minimum absolute atomic E-state index is 0.0228. The lowest BCUT2D eigenvalue weighted by Crippen LogP contribution is -2.39. The number of hydrogen-bond acceptors (Lipinski definition) is 8. The quantitative estimate of drug-likeness (QED) is 0.429. The first-order valence-corrected chi connectivity index (χ1v) is 14.0. The highest BCUT2D eigenvalue weighted by molar-refractivity contribution is 7.17. The van der Waals surface area contributed by atoms with Gasteiger partial charge in [-0.25, -0.2) is 4.79 Å². The predicted octanol–water partition coefficient (Wildman–Crippen LogP) is 5.37. The lowest BCUT2D eigenvalue weighted by Gasteiger charge is -2.39. The van der Waals surface area contributed by atoms with Gasteiger partial charge in [0.25, 0.3) is 5.91 Å². The first-order chi connectivity index (χ1) is 18.5. The fourth-order valence-corrected chi connectivity index (χ4v) is 7.36. The molecule has 5 rings (SSSR count). The van der Waals surface area contributed by atoms with E-state index in [1.54, 1.807) is 12.1 Å². The normalized spacial score (nSPS) is 20.1. The Kier molecular flexibility index (Phi) is 7.05. The molecule has 9 heteroatoms. The molecule has 3 aliphatic rings. The van der Waals surface area contributed by atoms with Crippen molar-refractivity contribution in [1.29, 1.82) is 0 Å². The molecule has 1 amide bonds. The molecule has 0 saturated heterocycles. The van der Waals surface area contributed by atoms with Crippen LogP contribution in [-0.4, -0.2) is 37.0 Å². The number of benzene rings is 1. The van der Waals surface area contributed by atoms with Gasteiger partial charge in [0.05, 0.1) is 19.8 Å². The number of carbonyl (C=O) groups excluding carboxylic acids is 3. The van der Waals surface area contributed by atoms with Gasteiger partial charge in [0.2, 0.25) is 0 Å². The number of thiophene rings is 1. The van der Waals surface area contributed by atoms with E-state index >= 15 is 0 Å². The maximum Gasteiger partial charge on any atom is 0.341 e. The van der Waals surface area contributed by atoms with Gasteiger partial charge in [-0.15, -0.1) is 11.3 Å². The van der Waals surface area contributed by atoms with Crippen LogP contribution in [0.25, 0.3) is 0 Å². The van der Waals surface area contributed by atoms with Gasteiger partial charge < -0.3 is 25.2 Å². The van der Waals surface area contributed by atoms with Crippen LogP contribution in [0, 0.1) is 5.41 Å². The molecule has 39 heavy (non-hydrogen) atoms. The average molecular weight is 551 g/mol. The van der Waals surface area contributed by atoms with E-state index in [2.05, 4.69) is 24.5 Å². The molecule has 1 aromatic carbocycles.